The molecule has 0 fully saturated rings. The van der Waals surface area contributed by atoms with E-state index in [-0.39, 0.29) is 31.8 Å². The van der Waals surface area contributed by atoms with Crippen molar-refractivity contribution in [3.05, 3.63) is 0 Å². The van der Waals surface area contributed by atoms with Crippen LogP contribution in [0.1, 0.15) is 39.5 Å². The van der Waals surface area contributed by atoms with Crippen molar-refractivity contribution in [2.24, 2.45) is 0 Å². The molecule has 85 valence electrons. The van der Waals surface area contributed by atoms with Crippen molar-refractivity contribution in [3.8, 4) is 0 Å². The number of unbranched alkanes of at least 4 members (excludes halogenated alkanes) is 2. The summed E-state index contributed by atoms with van der Waals surface area (Å²) in [6.07, 6.45) is 3.44. The summed E-state index contributed by atoms with van der Waals surface area (Å²) in [7, 11) is -3.75. The van der Waals surface area contributed by atoms with Gasteiger partial charge < -0.3 is 4.89 Å². The molecule has 0 unspecified atom stereocenters. The molecule has 0 aliphatic rings. The van der Waals surface area contributed by atoms with Gasteiger partial charge in [-0.2, -0.15) is 0 Å². The number of phosphoric ester groups is 1. The van der Waals surface area contributed by atoms with Crippen molar-refractivity contribution in [1.82, 2.24) is 0 Å². The average molecular weight is 261 g/mol. The van der Waals surface area contributed by atoms with Crippen molar-refractivity contribution < 1.29 is 37.1 Å². The van der Waals surface area contributed by atoms with Gasteiger partial charge in [0.15, 0.2) is 0 Å². The van der Waals surface area contributed by atoms with Gasteiger partial charge in [0.25, 0.3) is 0 Å². The minimum absolute atomic E-state index is 0. The standard InChI is InChI=1S/C8H19O4P.V/c1-3-5-7-11-13(9,10)12-8-6-4-2;/h3-8H2,1-2H3,(H,9,10);. The van der Waals surface area contributed by atoms with E-state index in [2.05, 4.69) is 0 Å². The number of hydrogen-bond donors (Lipinski definition) is 1. The zero-order valence-corrected chi connectivity index (χ0v) is 11.1. The van der Waals surface area contributed by atoms with Crippen molar-refractivity contribution in [1.29, 1.82) is 0 Å². The van der Waals surface area contributed by atoms with E-state index in [0.717, 1.165) is 25.7 Å². The molecule has 0 amide bonds. The SMILES string of the molecule is CCCCOP(=O)(O)OCCCC.[V]. The second-order valence-electron chi connectivity index (χ2n) is 2.84. The van der Waals surface area contributed by atoms with Crippen LogP contribution in [0.2, 0.25) is 0 Å². The first-order chi connectivity index (χ1) is 6.12. The first kappa shape index (κ1) is 17.1. The van der Waals surface area contributed by atoms with Crippen LogP contribution < -0.4 is 0 Å². The van der Waals surface area contributed by atoms with Gasteiger partial charge in [-0.3, -0.25) is 9.05 Å². The molecule has 0 saturated carbocycles. The molecule has 4 nitrogen and oxygen atoms in total. The van der Waals surface area contributed by atoms with E-state index in [1.165, 1.54) is 0 Å². The Balaban J connectivity index is 0. The first-order valence-corrected chi connectivity index (χ1v) is 6.23. The zero-order chi connectivity index (χ0) is 10.2. The quantitative estimate of drug-likeness (QED) is 0.539. The van der Waals surface area contributed by atoms with E-state index in [1.54, 1.807) is 0 Å². The fourth-order valence-electron chi connectivity index (χ4n) is 0.686. The van der Waals surface area contributed by atoms with Gasteiger partial charge in [0, 0.05) is 18.6 Å². The molecule has 0 rings (SSSR count). The average Bonchev–Trinajstić information content (AvgIpc) is 2.05. The Bertz CT molecular complexity index is 151. The first-order valence-electron chi connectivity index (χ1n) is 4.74. The van der Waals surface area contributed by atoms with Crippen LogP contribution in [0, 0.1) is 0 Å². The smallest absolute Gasteiger partial charge is 0.302 e. The van der Waals surface area contributed by atoms with Gasteiger partial charge in [0.05, 0.1) is 13.2 Å². The molecule has 0 spiro atoms. The van der Waals surface area contributed by atoms with Crippen LogP contribution in [0.15, 0.2) is 0 Å². The maximum atomic E-state index is 11.1. The topological polar surface area (TPSA) is 55.8 Å². The van der Waals surface area contributed by atoms with Gasteiger partial charge in [0.1, 0.15) is 0 Å². The zero-order valence-electron chi connectivity index (χ0n) is 8.81. The van der Waals surface area contributed by atoms with Gasteiger partial charge >= 0.3 is 7.82 Å². The molecular formula is C8H19O4PV. The third-order valence-corrected chi connectivity index (χ3v) is 2.52. The number of hydrogen-bond acceptors (Lipinski definition) is 3. The normalized spacial score (nSPS) is 11.1. The Hall–Kier alpha value is 0.694. The molecule has 1 radical (unpaired) electrons. The molecule has 0 aromatic carbocycles. The summed E-state index contributed by atoms with van der Waals surface area (Å²) < 4.78 is 20.5. The van der Waals surface area contributed by atoms with E-state index in [0.29, 0.717) is 0 Å². The molecular weight excluding hydrogens is 242 g/mol. The molecule has 0 aromatic heterocycles. The van der Waals surface area contributed by atoms with Crippen molar-refractivity contribution >= 4 is 7.82 Å². The van der Waals surface area contributed by atoms with Gasteiger partial charge in [-0.05, 0) is 12.8 Å². The monoisotopic (exact) mass is 261 g/mol. The van der Waals surface area contributed by atoms with Crippen LogP contribution in [0.3, 0.4) is 0 Å². The van der Waals surface area contributed by atoms with Crippen LogP contribution in [0.4, 0.5) is 0 Å². The minimum Gasteiger partial charge on any atom is -0.302 e. The van der Waals surface area contributed by atoms with E-state index in [4.69, 9.17) is 13.9 Å². The second kappa shape index (κ2) is 10.2. The largest absolute Gasteiger partial charge is 0.472 e. The minimum atomic E-state index is -3.75. The van der Waals surface area contributed by atoms with Crippen LogP contribution in [-0.4, -0.2) is 18.1 Å². The summed E-state index contributed by atoms with van der Waals surface area (Å²) in [5.74, 6) is 0. The predicted molar refractivity (Wildman–Crippen MR) is 51.5 cm³/mol. The van der Waals surface area contributed by atoms with E-state index in [9.17, 15) is 4.57 Å². The molecule has 0 heterocycles. The Morgan fingerprint density at radius 3 is 1.71 bits per heavy atom. The van der Waals surface area contributed by atoms with Gasteiger partial charge in [-0.25, -0.2) is 4.57 Å². The van der Waals surface area contributed by atoms with Crippen molar-refractivity contribution in [2.75, 3.05) is 13.2 Å². The molecule has 0 aliphatic heterocycles. The summed E-state index contributed by atoms with van der Waals surface area (Å²) in [5, 5.41) is 0. The summed E-state index contributed by atoms with van der Waals surface area (Å²) in [5.41, 5.74) is 0. The third kappa shape index (κ3) is 10.8. The number of rotatable bonds is 8. The molecule has 14 heavy (non-hydrogen) atoms. The van der Waals surface area contributed by atoms with Gasteiger partial charge in [-0.1, -0.05) is 26.7 Å². The molecule has 6 heteroatoms. The molecule has 0 aliphatic carbocycles. The Labute approximate surface area is 97.9 Å². The van der Waals surface area contributed by atoms with Crippen LogP contribution in [0.25, 0.3) is 0 Å². The maximum absolute atomic E-state index is 11.1. The van der Waals surface area contributed by atoms with Crippen molar-refractivity contribution in [2.45, 2.75) is 39.5 Å². The second-order valence-corrected chi connectivity index (χ2v) is 4.30. The third-order valence-electron chi connectivity index (χ3n) is 1.50. The molecule has 1 N–H and O–H groups in total. The predicted octanol–water partition coefficient (Wildman–Crippen LogP) is 2.72. The Morgan fingerprint density at radius 2 is 1.43 bits per heavy atom. The molecule has 0 bridgehead atoms. The van der Waals surface area contributed by atoms with E-state index in [1.807, 2.05) is 13.8 Å². The molecule has 0 atom stereocenters. The van der Waals surface area contributed by atoms with Crippen LogP contribution in [0.5, 0.6) is 0 Å². The Kier molecular flexibility index (Phi) is 12.5. The summed E-state index contributed by atoms with van der Waals surface area (Å²) in [6.45, 7) is 4.56. The van der Waals surface area contributed by atoms with E-state index >= 15 is 0 Å². The van der Waals surface area contributed by atoms with Crippen LogP contribution >= 0.6 is 7.82 Å². The van der Waals surface area contributed by atoms with Gasteiger partial charge in [0.2, 0.25) is 0 Å². The molecule has 0 saturated heterocycles. The number of phosphoric acid groups is 1. The summed E-state index contributed by atoms with van der Waals surface area (Å²) >= 11 is 0. The van der Waals surface area contributed by atoms with E-state index < -0.39 is 7.82 Å². The van der Waals surface area contributed by atoms with Crippen molar-refractivity contribution in [3.63, 3.8) is 0 Å². The Morgan fingerprint density at radius 1 is 1.07 bits per heavy atom. The van der Waals surface area contributed by atoms with Gasteiger partial charge in [-0.15, -0.1) is 0 Å². The fourth-order valence-corrected chi connectivity index (χ4v) is 1.48. The van der Waals surface area contributed by atoms with Crippen LogP contribution in [-0.2, 0) is 32.2 Å². The summed E-state index contributed by atoms with van der Waals surface area (Å²) in [6, 6.07) is 0. The fraction of sp³-hybridized carbons (Fsp3) is 1.00. The summed E-state index contributed by atoms with van der Waals surface area (Å²) in [4.78, 5) is 9.08. The molecule has 0 aromatic rings. The maximum Gasteiger partial charge on any atom is 0.472 e.